The van der Waals surface area contributed by atoms with Crippen molar-refractivity contribution < 1.29 is 5.11 Å². The molecule has 3 rings (SSSR count). The molecule has 1 saturated heterocycles. The van der Waals surface area contributed by atoms with E-state index in [1.165, 1.54) is 30.4 Å². The number of hydrogen-bond acceptors (Lipinski definition) is 3. The molecule has 0 radical (unpaired) electrons. The van der Waals surface area contributed by atoms with Gasteiger partial charge in [-0.25, -0.2) is 0 Å². The van der Waals surface area contributed by atoms with Crippen LogP contribution in [0.3, 0.4) is 0 Å². The van der Waals surface area contributed by atoms with Gasteiger partial charge in [0.1, 0.15) is 0 Å². The second-order valence-corrected chi connectivity index (χ2v) is 6.22. The fourth-order valence-corrected chi connectivity index (χ4v) is 3.57. The van der Waals surface area contributed by atoms with Gasteiger partial charge in [0.2, 0.25) is 0 Å². The number of benzene rings is 1. The van der Waals surface area contributed by atoms with E-state index in [1.54, 1.807) is 0 Å². The number of rotatable bonds is 3. The summed E-state index contributed by atoms with van der Waals surface area (Å²) >= 11 is 0. The van der Waals surface area contributed by atoms with Crippen LogP contribution in [0.15, 0.2) is 24.3 Å². The fraction of sp³-hybridized carbons (Fsp3) is 0.625. The van der Waals surface area contributed by atoms with Gasteiger partial charge < -0.3 is 15.7 Å². The lowest BCUT2D eigenvalue weighted by Gasteiger charge is -2.36. The third-order valence-corrected chi connectivity index (χ3v) is 4.56. The van der Waals surface area contributed by atoms with E-state index in [9.17, 15) is 5.11 Å². The van der Waals surface area contributed by atoms with Gasteiger partial charge in [-0.15, -0.1) is 0 Å². The minimum atomic E-state index is -0.693. The predicted octanol–water partition coefficient (Wildman–Crippen LogP) is 2.11. The van der Waals surface area contributed by atoms with E-state index in [0.29, 0.717) is 6.04 Å². The molecule has 3 atom stereocenters. The third-order valence-electron chi connectivity index (χ3n) is 4.56. The summed E-state index contributed by atoms with van der Waals surface area (Å²) in [6.45, 7) is 3.94. The molecule has 104 valence electrons. The van der Waals surface area contributed by atoms with Crippen LogP contribution >= 0.6 is 0 Å². The van der Waals surface area contributed by atoms with Gasteiger partial charge in [0.15, 0.2) is 0 Å². The molecule has 0 bridgehead atoms. The van der Waals surface area contributed by atoms with Crippen molar-refractivity contribution in [3.05, 3.63) is 35.4 Å². The molecule has 1 fully saturated rings. The van der Waals surface area contributed by atoms with Crippen LogP contribution in [-0.4, -0.2) is 23.3 Å². The Labute approximate surface area is 115 Å². The van der Waals surface area contributed by atoms with Gasteiger partial charge in [-0.05, 0) is 43.9 Å². The summed E-state index contributed by atoms with van der Waals surface area (Å²) in [5.41, 5.74) is 1.90. The van der Waals surface area contributed by atoms with Crippen molar-refractivity contribution in [2.45, 2.75) is 56.8 Å². The van der Waals surface area contributed by atoms with Crippen molar-refractivity contribution in [3.8, 4) is 0 Å². The van der Waals surface area contributed by atoms with Crippen molar-refractivity contribution in [2.75, 3.05) is 6.54 Å². The summed E-state index contributed by atoms with van der Waals surface area (Å²) < 4.78 is 0. The lowest BCUT2D eigenvalue weighted by molar-refractivity contribution is 0.00203. The van der Waals surface area contributed by atoms with E-state index in [-0.39, 0.29) is 6.04 Å². The first kappa shape index (κ1) is 13.1. The van der Waals surface area contributed by atoms with E-state index >= 15 is 0 Å². The number of aliphatic hydroxyl groups is 1. The Bertz CT molecular complexity index is 438. The molecule has 19 heavy (non-hydrogen) atoms. The van der Waals surface area contributed by atoms with Gasteiger partial charge in [0.25, 0.3) is 0 Å². The first-order valence-corrected chi connectivity index (χ1v) is 7.44. The maximum absolute atomic E-state index is 10.9. The molecule has 2 aliphatic heterocycles. The van der Waals surface area contributed by atoms with Crippen molar-refractivity contribution in [3.63, 3.8) is 0 Å². The highest BCUT2D eigenvalue weighted by atomic mass is 16.3. The Morgan fingerprint density at radius 1 is 1.26 bits per heavy atom. The molecule has 0 amide bonds. The highest BCUT2D eigenvalue weighted by Gasteiger charge is 2.38. The zero-order chi connectivity index (χ0) is 13.3. The Kier molecular flexibility index (Phi) is 3.61. The Hall–Kier alpha value is -0.900. The van der Waals surface area contributed by atoms with E-state index in [1.807, 2.05) is 6.92 Å². The van der Waals surface area contributed by atoms with Gasteiger partial charge in [-0.2, -0.15) is 0 Å². The normalized spacial score (nSPS) is 29.8. The fourth-order valence-electron chi connectivity index (χ4n) is 3.57. The van der Waals surface area contributed by atoms with Crippen LogP contribution in [0.5, 0.6) is 0 Å². The topological polar surface area (TPSA) is 44.3 Å². The summed E-state index contributed by atoms with van der Waals surface area (Å²) in [4.78, 5) is 0. The van der Waals surface area contributed by atoms with Crippen molar-refractivity contribution >= 4 is 0 Å². The van der Waals surface area contributed by atoms with Gasteiger partial charge in [0, 0.05) is 12.6 Å². The molecular weight excluding hydrogens is 236 g/mol. The third kappa shape index (κ3) is 2.69. The van der Waals surface area contributed by atoms with Crippen LogP contribution in [0, 0.1) is 0 Å². The zero-order valence-electron chi connectivity index (χ0n) is 11.7. The molecule has 1 aromatic rings. The van der Waals surface area contributed by atoms with Crippen molar-refractivity contribution in [1.82, 2.24) is 10.6 Å². The zero-order valence-corrected chi connectivity index (χ0v) is 11.7. The highest BCUT2D eigenvalue weighted by molar-refractivity contribution is 5.35. The molecule has 3 unspecified atom stereocenters. The summed E-state index contributed by atoms with van der Waals surface area (Å²) in [6, 6.07) is 8.94. The highest BCUT2D eigenvalue weighted by Crippen LogP contribution is 2.36. The quantitative estimate of drug-likeness (QED) is 0.780. The molecule has 3 N–H and O–H groups in total. The lowest BCUT2D eigenvalue weighted by Crippen LogP contribution is -2.46. The number of fused-ring (bicyclic) bond motifs is 1. The molecule has 0 spiro atoms. The van der Waals surface area contributed by atoms with Gasteiger partial charge in [-0.3, -0.25) is 0 Å². The number of piperidine rings is 1. The van der Waals surface area contributed by atoms with Crippen molar-refractivity contribution in [1.29, 1.82) is 0 Å². The van der Waals surface area contributed by atoms with E-state index < -0.39 is 5.60 Å². The van der Waals surface area contributed by atoms with Crippen LogP contribution in [0.4, 0.5) is 0 Å². The molecule has 2 heterocycles. The molecule has 0 aliphatic carbocycles. The minimum Gasteiger partial charge on any atom is -0.388 e. The van der Waals surface area contributed by atoms with Gasteiger partial charge >= 0.3 is 0 Å². The summed E-state index contributed by atoms with van der Waals surface area (Å²) in [5, 5.41) is 17.9. The Morgan fingerprint density at radius 3 is 2.89 bits per heavy atom. The Morgan fingerprint density at radius 2 is 2.11 bits per heavy atom. The maximum atomic E-state index is 10.9. The summed E-state index contributed by atoms with van der Waals surface area (Å²) in [5.74, 6) is 0. The second kappa shape index (κ2) is 5.23. The average molecular weight is 260 g/mol. The predicted molar refractivity (Wildman–Crippen MR) is 76.9 cm³/mol. The Balaban J connectivity index is 1.73. The van der Waals surface area contributed by atoms with E-state index in [4.69, 9.17) is 0 Å². The largest absolute Gasteiger partial charge is 0.388 e. The SMILES string of the molecule is CC(O)(CC1CCCCN1)C1NCc2ccccc21. The van der Waals surface area contributed by atoms with Crippen LogP contribution < -0.4 is 10.6 Å². The van der Waals surface area contributed by atoms with Crippen LogP contribution in [0.25, 0.3) is 0 Å². The monoisotopic (exact) mass is 260 g/mol. The van der Waals surface area contributed by atoms with Crippen LogP contribution in [0.2, 0.25) is 0 Å². The first-order chi connectivity index (χ1) is 9.17. The van der Waals surface area contributed by atoms with Gasteiger partial charge in [0.05, 0.1) is 11.6 Å². The molecule has 3 nitrogen and oxygen atoms in total. The smallest absolute Gasteiger partial charge is 0.0828 e. The molecule has 3 heteroatoms. The molecular formula is C16H24N2O. The first-order valence-electron chi connectivity index (χ1n) is 7.44. The lowest BCUT2D eigenvalue weighted by atomic mass is 9.83. The second-order valence-electron chi connectivity index (χ2n) is 6.22. The average Bonchev–Trinajstić information content (AvgIpc) is 2.84. The van der Waals surface area contributed by atoms with Gasteiger partial charge in [-0.1, -0.05) is 30.7 Å². The number of hydrogen-bond donors (Lipinski definition) is 3. The van der Waals surface area contributed by atoms with E-state index in [0.717, 1.165) is 19.5 Å². The summed E-state index contributed by atoms with van der Waals surface area (Å²) in [6.07, 6.45) is 4.55. The van der Waals surface area contributed by atoms with Crippen LogP contribution in [-0.2, 0) is 6.54 Å². The maximum Gasteiger partial charge on any atom is 0.0828 e. The van der Waals surface area contributed by atoms with Crippen molar-refractivity contribution in [2.24, 2.45) is 0 Å². The molecule has 0 saturated carbocycles. The summed E-state index contributed by atoms with van der Waals surface area (Å²) in [7, 11) is 0. The molecule has 1 aromatic carbocycles. The minimum absolute atomic E-state index is 0.0624. The van der Waals surface area contributed by atoms with E-state index in [2.05, 4.69) is 34.9 Å². The molecule has 0 aromatic heterocycles. The number of nitrogens with one attached hydrogen (secondary N) is 2. The molecule has 2 aliphatic rings. The standard InChI is InChI=1S/C16H24N2O/c1-16(19,10-13-7-4-5-9-17-13)15-14-8-3-2-6-12(14)11-18-15/h2-3,6,8,13,15,17-19H,4-5,7,9-11H2,1H3. The van der Waals surface area contributed by atoms with Crippen LogP contribution in [0.1, 0.15) is 49.8 Å².